The van der Waals surface area contributed by atoms with Gasteiger partial charge in [-0.1, -0.05) is 49.8 Å². The van der Waals surface area contributed by atoms with Crippen molar-refractivity contribution in [1.82, 2.24) is 0 Å². The van der Waals surface area contributed by atoms with Gasteiger partial charge in [0.25, 0.3) is 0 Å². The molecule has 1 unspecified atom stereocenters. The first-order chi connectivity index (χ1) is 10.3. The summed E-state index contributed by atoms with van der Waals surface area (Å²) in [5.74, 6) is -1.83. The van der Waals surface area contributed by atoms with Gasteiger partial charge >= 0.3 is 11.9 Å². The normalized spacial score (nSPS) is 21.3. The molecule has 0 spiro atoms. The molecule has 0 saturated heterocycles. The molecule has 2 N–H and O–H groups in total. The number of aliphatic carboxylic acids is 2. The number of carboxylic acid groups (broad SMARTS) is 2. The molecule has 0 amide bonds. The van der Waals surface area contributed by atoms with Crippen LogP contribution in [0.15, 0.2) is 47.6 Å². The first kappa shape index (κ1) is 16.0. The lowest BCUT2D eigenvalue weighted by Gasteiger charge is -2.31. The van der Waals surface area contributed by atoms with Crippen molar-refractivity contribution >= 4 is 11.9 Å². The number of rotatable bonds is 4. The zero-order valence-electron chi connectivity index (χ0n) is 13.0. The summed E-state index contributed by atoms with van der Waals surface area (Å²) in [6.07, 6.45) is 3.15. The molecule has 0 aromatic heterocycles. The van der Waals surface area contributed by atoms with Gasteiger partial charge in [-0.3, -0.25) is 4.79 Å². The van der Waals surface area contributed by atoms with Crippen LogP contribution in [0, 0.1) is 0 Å². The minimum atomic E-state index is -1.32. The minimum Gasteiger partial charge on any atom is -0.480 e. The third-order valence-corrected chi connectivity index (χ3v) is 4.07. The summed E-state index contributed by atoms with van der Waals surface area (Å²) in [6, 6.07) is 7.41. The molecule has 1 aromatic carbocycles. The van der Waals surface area contributed by atoms with E-state index in [9.17, 15) is 19.8 Å². The number of hydrogen-bond acceptors (Lipinski definition) is 2. The standard InChI is InChI=1S/C18H20O4/c1-11(2)13-5-4-6-15(8-13)18(17(21)22)9-12(3)7-14(10-18)16(19)20/h4-9,11H,10H2,1-3H3,(H,19,20)(H,21,22). The van der Waals surface area contributed by atoms with Crippen LogP contribution in [0.4, 0.5) is 0 Å². The van der Waals surface area contributed by atoms with Gasteiger partial charge in [0, 0.05) is 12.0 Å². The molecule has 4 heteroatoms. The van der Waals surface area contributed by atoms with Crippen molar-refractivity contribution in [3.05, 3.63) is 58.7 Å². The Morgan fingerprint density at radius 2 is 1.91 bits per heavy atom. The highest BCUT2D eigenvalue weighted by Gasteiger charge is 2.42. The van der Waals surface area contributed by atoms with Crippen molar-refractivity contribution in [2.45, 2.75) is 38.5 Å². The third-order valence-electron chi connectivity index (χ3n) is 4.07. The van der Waals surface area contributed by atoms with E-state index in [4.69, 9.17) is 0 Å². The molecular formula is C18H20O4. The summed E-state index contributed by atoms with van der Waals surface area (Å²) in [7, 11) is 0. The molecule has 0 heterocycles. The highest BCUT2D eigenvalue weighted by Crippen LogP contribution is 2.39. The first-order valence-electron chi connectivity index (χ1n) is 7.23. The van der Waals surface area contributed by atoms with E-state index < -0.39 is 17.4 Å². The SMILES string of the molecule is CC1=CC(C(=O)O)(c2cccc(C(C)C)c2)CC(C(=O)O)=C1. The molecule has 0 bridgehead atoms. The summed E-state index contributed by atoms with van der Waals surface area (Å²) in [4.78, 5) is 23.3. The molecule has 1 aliphatic carbocycles. The van der Waals surface area contributed by atoms with Crippen molar-refractivity contribution in [2.24, 2.45) is 0 Å². The zero-order chi connectivity index (χ0) is 16.5. The Morgan fingerprint density at radius 1 is 1.23 bits per heavy atom. The number of carbonyl (C=O) groups is 2. The average Bonchev–Trinajstić information content (AvgIpc) is 2.46. The van der Waals surface area contributed by atoms with Gasteiger partial charge in [0.1, 0.15) is 5.41 Å². The number of benzene rings is 1. The van der Waals surface area contributed by atoms with E-state index in [0.29, 0.717) is 11.1 Å². The smallest absolute Gasteiger partial charge is 0.331 e. The summed E-state index contributed by atoms with van der Waals surface area (Å²) in [6.45, 7) is 5.81. The predicted molar refractivity (Wildman–Crippen MR) is 83.9 cm³/mol. The Hall–Kier alpha value is -2.36. The average molecular weight is 300 g/mol. The Balaban J connectivity index is 2.61. The summed E-state index contributed by atoms with van der Waals surface area (Å²) < 4.78 is 0. The molecule has 22 heavy (non-hydrogen) atoms. The van der Waals surface area contributed by atoms with E-state index in [1.54, 1.807) is 19.1 Å². The van der Waals surface area contributed by atoms with Gasteiger partial charge in [-0.2, -0.15) is 0 Å². The van der Waals surface area contributed by atoms with Crippen molar-refractivity contribution in [3.8, 4) is 0 Å². The number of carboxylic acids is 2. The van der Waals surface area contributed by atoms with Crippen LogP contribution in [0.1, 0.15) is 44.2 Å². The van der Waals surface area contributed by atoms with E-state index in [1.165, 1.54) is 6.08 Å². The van der Waals surface area contributed by atoms with Gasteiger partial charge in [0.05, 0.1) is 0 Å². The maximum Gasteiger partial charge on any atom is 0.331 e. The van der Waals surface area contributed by atoms with E-state index in [0.717, 1.165) is 5.56 Å². The lowest BCUT2D eigenvalue weighted by molar-refractivity contribution is -0.142. The summed E-state index contributed by atoms with van der Waals surface area (Å²) >= 11 is 0. The third kappa shape index (κ3) is 2.82. The van der Waals surface area contributed by atoms with Crippen molar-refractivity contribution in [2.75, 3.05) is 0 Å². The first-order valence-corrected chi connectivity index (χ1v) is 7.23. The summed E-state index contributed by atoms with van der Waals surface area (Å²) in [5, 5.41) is 19.1. The maximum atomic E-state index is 12.0. The molecule has 0 saturated carbocycles. The predicted octanol–water partition coefficient (Wildman–Crippen LogP) is 3.49. The molecule has 0 radical (unpaired) electrons. The van der Waals surface area contributed by atoms with Crippen LogP contribution >= 0.6 is 0 Å². The van der Waals surface area contributed by atoms with Gasteiger partial charge < -0.3 is 10.2 Å². The van der Waals surface area contributed by atoms with Gasteiger partial charge in [-0.05, 0) is 30.0 Å². The van der Waals surface area contributed by atoms with Crippen LogP contribution in [-0.4, -0.2) is 22.2 Å². The molecule has 1 atom stereocenters. The van der Waals surface area contributed by atoms with E-state index >= 15 is 0 Å². The Kier molecular flexibility index (Phi) is 4.22. The Morgan fingerprint density at radius 3 is 2.45 bits per heavy atom. The second-order valence-corrected chi connectivity index (χ2v) is 6.10. The summed E-state index contributed by atoms with van der Waals surface area (Å²) in [5.41, 5.74) is 1.11. The van der Waals surface area contributed by atoms with Crippen LogP contribution in [0.5, 0.6) is 0 Å². The van der Waals surface area contributed by atoms with Gasteiger partial charge in [0.15, 0.2) is 0 Å². The molecule has 4 nitrogen and oxygen atoms in total. The van der Waals surface area contributed by atoms with Crippen LogP contribution in [0.3, 0.4) is 0 Å². The number of allylic oxidation sites excluding steroid dienone is 2. The van der Waals surface area contributed by atoms with Crippen LogP contribution in [0.2, 0.25) is 0 Å². The lowest BCUT2D eigenvalue weighted by Crippen LogP contribution is -2.37. The maximum absolute atomic E-state index is 12.0. The fraction of sp³-hybridized carbons (Fsp3) is 0.333. The van der Waals surface area contributed by atoms with E-state index in [2.05, 4.69) is 0 Å². The van der Waals surface area contributed by atoms with Crippen LogP contribution in [-0.2, 0) is 15.0 Å². The van der Waals surface area contributed by atoms with Crippen LogP contribution < -0.4 is 0 Å². The van der Waals surface area contributed by atoms with Crippen molar-refractivity contribution in [3.63, 3.8) is 0 Å². The molecule has 2 rings (SSSR count). The molecule has 0 fully saturated rings. The van der Waals surface area contributed by atoms with E-state index in [-0.39, 0.29) is 17.9 Å². The van der Waals surface area contributed by atoms with E-state index in [1.807, 2.05) is 32.0 Å². The topological polar surface area (TPSA) is 74.6 Å². The van der Waals surface area contributed by atoms with Gasteiger partial charge in [-0.25, -0.2) is 4.79 Å². The fourth-order valence-corrected chi connectivity index (χ4v) is 2.87. The fourth-order valence-electron chi connectivity index (χ4n) is 2.87. The minimum absolute atomic E-state index is 0.0451. The van der Waals surface area contributed by atoms with Crippen LogP contribution in [0.25, 0.3) is 0 Å². The molecule has 0 aliphatic heterocycles. The van der Waals surface area contributed by atoms with Gasteiger partial charge in [-0.15, -0.1) is 0 Å². The quantitative estimate of drug-likeness (QED) is 0.892. The Bertz CT molecular complexity index is 682. The monoisotopic (exact) mass is 300 g/mol. The lowest BCUT2D eigenvalue weighted by atomic mass is 9.71. The largest absolute Gasteiger partial charge is 0.480 e. The molecule has 1 aromatic rings. The second kappa shape index (κ2) is 5.79. The number of hydrogen-bond donors (Lipinski definition) is 2. The van der Waals surface area contributed by atoms with Crippen molar-refractivity contribution < 1.29 is 19.8 Å². The van der Waals surface area contributed by atoms with Gasteiger partial charge in [0.2, 0.25) is 0 Å². The molecule has 116 valence electrons. The highest BCUT2D eigenvalue weighted by molar-refractivity contribution is 5.93. The molecule has 1 aliphatic rings. The second-order valence-electron chi connectivity index (χ2n) is 6.10. The zero-order valence-corrected chi connectivity index (χ0v) is 13.0. The Labute approximate surface area is 129 Å². The van der Waals surface area contributed by atoms with Crippen molar-refractivity contribution in [1.29, 1.82) is 0 Å². The highest BCUT2D eigenvalue weighted by atomic mass is 16.4. The molecular weight excluding hydrogens is 280 g/mol.